The summed E-state index contributed by atoms with van der Waals surface area (Å²) >= 11 is 6.19. The van der Waals surface area contributed by atoms with E-state index >= 15 is 0 Å². The highest BCUT2D eigenvalue weighted by molar-refractivity contribution is 6.31. The zero-order valence-corrected chi connectivity index (χ0v) is 17.7. The summed E-state index contributed by atoms with van der Waals surface area (Å²) in [6.45, 7) is 0. The molecule has 0 spiro atoms. The van der Waals surface area contributed by atoms with Gasteiger partial charge in [0, 0.05) is 10.6 Å². The van der Waals surface area contributed by atoms with Crippen molar-refractivity contribution in [1.82, 2.24) is 0 Å². The average molecular weight is 428 g/mol. The first-order valence-electron chi connectivity index (χ1n) is 10.1. The molecule has 31 heavy (non-hydrogen) atoms. The molecule has 4 aromatic carbocycles. The molecule has 0 saturated heterocycles. The number of carbonyl (C=O) groups excluding carboxylic acids is 1. The number of halogens is 1. The number of amides is 1. The quantitative estimate of drug-likeness (QED) is 0.339. The monoisotopic (exact) mass is 427 g/mol. The van der Waals surface area contributed by atoms with Gasteiger partial charge in [-0.1, -0.05) is 78.3 Å². The number of nitrogens with one attached hydrogen (secondary N) is 1. The van der Waals surface area contributed by atoms with Crippen LogP contribution in [0.25, 0.3) is 0 Å². The number of anilines is 1. The van der Waals surface area contributed by atoms with Gasteiger partial charge in [-0.15, -0.1) is 0 Å². The van der Waals surface area contributed by atoms with Crippen LogP contribution in [0.15, 0.2) is 103 Å². The van der Waals surface area contributed by atoms with Gasteiger partial charge in [0.15, 0.2) is 5.75 Å². The minimum atomic E-state index is -0.191. The normalized spacial score (nSPS) is 10.5. The van der Waals surface area contributed by atoms with Crippen LogP contribution in [0.3, 0.4) is 0 Å². The molecule has 4 aromatic rings. The van der Waals surface area contributed by atoms with Crippen LogP contribution in [0.1, 0.15) is 21.5 Å². The molecule has 0 saturated carbocycles. The molecule has 0 aliphatic carbocycles. The Morgan fingerprint density at radius 1 is 0.774 bits per heavy atom. The van der Waals surface area contributed by atoms with Crippen molar-refractivity contribution < 1.29 is 9.53 Å². The third-order valence-electron chi connectivity index (χ3n) is 4.95. The fourth-order valence-electron chi connectivity index (χ4n) is 3.38. The lowest BCUT2D eigenvalue weighted by Crippen LogP contribution is -2.15. The molecular weight excluding hydrogens is 406 g/mol. The second kappa shape index (κ2) is 9.96. The smallest absolute Gasteiger partial charge is 0.256 e. The van der Waals surface area contributed by atoms with Crippen LogP contribution in [0, 0.1) is 0 Å². The summed E-state index contributed by atoms with van der Waals surface area (Å²) in [5.41, 5.74) is 3.41. The van der Waals surface area contributed by atoms with Gasteiger partial charge in [0.1, 0.15) is 5.75 Å². The highest BCUT2D eigenvalue weighted by Gasteiger charge is 2.15. The van der Waals surface area contributed by atoms with Crippen molar-refractivity contribution in [2.24, 2.45) is 0 Å². The van der Waals surface area contributed by atoms with Gasteiger partial charge in [0.05, 0.1) is 5.69 Å². The Morgan fingerprint density at radius 2 is 1.45 bits per heavy atom. The molecule has 0 aliphatic rings. The van der Waals surface area contributed by atoms with E-state index < -0.39 is 0 Å². The summed E-state index contributed by atoms with van der Waals surface area (Å²) in [6.07, 6.45) is 1.64. The summed E-state index contributed by atoms with van der Waals surface area (Å²) in [6, 6.07) is 32.6. The van der Waals surface area contributed by atoms with E-state index in [0.29, 0.717) is 27.8 Å². The second-order valence-corrected chi connectivity index (χ2v) is 7.59. The lowest BCUT2D eigenvalue weighted by atomic mass is 9.99. The zero-order chi connectivity index (χ0) is 21.5. The highest BCUT2D eigenvalue weighted by atomic mass is 35.5. The Bertz CT molecular complexity index is 1160. The Morgan fingerprint density at radius 3 is 2.23 bits per heavy atom. The number of hydrogen-bond donors (Lipinski definition) is 1. The van der Waals surface area contributed by atoms with Crippen LogP contribution in [0.2, 0.25) is 5.02 Å². The Balaban J connectivity index is 1.54. The molecule has 1 N–H and O–H groups in total. The number of carbonyl (C=O) groups is 1. The minimum absolute atomic E-state index is 0.191. The zero-order valence-electron chi connectivity index (χ0n) is 16.9. The molecule has 3 nitrogen and oxygen atoms in total. The summed E-state index contributed by atoms with van der Waals surface area (Å²) < 4.78 is 5.96. The minimum Gasteiger partial charge on any atom is -0.455 e. The van der Waals surface area contributed by atoms with Crippen LogP contribution < -0.4 is 10.1 Å². The van der Waals surface area contributed by atoms with E-state index in [1.165, 1.54) is 5.56 Å². The first kappa shape index (κ1) is 20.7. The second-order valence-electron chi connectivity index (χ2n) is 7.15. The van der Waals surface area contributed by atoms with Crippen molar-refractivity contribution in [2.45, 2.75) is 12.8 Å². The van der Waals surface area contributed by atoms with Gasteiger partial charge < -0.3 is 10.1 Å². The molecule has 0 heterocycles. The van der Waals surface area contributed by atoms with Crippen LogP contribution >= 0.6 is 11.6 Å². The highest BCUT2D eigenvalue weighted by Crippen LogP contribution is 2.32. The summed E-state index contributed by atoms with van der Waals surface area (Å²) in [7, 11) is 0. The molecular formula is C27H22ClNO2. The van der Waals surface area contributed by atoms with E-state index in [9.17, 15) is 4.79 Å². The SMILES string of the molecule is O=C(Nc1cc(Cl)ccc1Oc1ccccc1)c1ccccc1CCc1ccccc1. The van der Waals surface area contributed by atoms with E-state index in [-0.39, 0.29) is 5.91 Å². The molecule has 4 heteroatoms. The van der Waals surface area contributed by atoms with Crippen molar-refractivity contribution in [3.05, 3.63) is 125 Å². The van der Waals surface area contributed by atoms with E-state index in [4.69, 9.17) is 16.3 Å². The Hall–Kier alpha value is -3.56. The van der Waals surface area contributed by atoms with Crippen LogP contribution in [-0.2, 0) is 12.8 Å². The van der Waals surface area contributed by atoms with E-state index in [0.717, 1.165) is 18.4 Å². The van der Waals surface area contributed by atoms with Gasteiger partial charge >= 0.3 is 0 Å². The molecule has 0 bridgehead atoms. The molecule has 0 atom stereocenters. The van der Waals surface area contributed by atoms with Crippen molar-refractivity contribution in [2.75, 3.05) is 5.32 Å². The van der Waals surface area contributed by atoms with Gasteiger partial charge in [-0.3, -0.25) is 4.79 Å². The third-order valence-corrected chi connectivity index (χ3v) is 5.18. The van der Waals surface area contributed by atoms with Gasteiger partial charge in [-0.25, -0.2) is 0 Å². The summed E-state index contributed by atoms with van der Waals surface area (Å²) in [5, 5.41) is 3.50. The maximum atomic E-state index is 13.2. The molecule has 4 rings (SSSR count). The van der Waals surface area contributed by atoms with Gasteiger partial charge in [-0.2, -0.15) is 0 Å². The number of rotatable bonds is 7. The first-order valence-corrected chi connectivity index (χ1v) is 10.5. The lowest BCUT2D eigenvalue weighted by molar-refractivity contribution is 0.102. The third kappa shape index (κ3) is 5.53. The largest absolute Gasteiger partial charge is 0.455 e. The lowest BCUT2D eigenvalue weighted by Gasteiger charge is -2.14. The van der Waals surface area contributed by atoms with Crippen molar-refractivity contribution in [3.8, 4) is 11.5 Å². The van der Waals surface area contributed by atoms with E-state index in [1.54, 1.807) is 18.2 Å². The van der Waals surface area contributed by atoms with Crippen molar-refractivity contribution in [3.63, 3.8) is 0 Å². The van der Waals surface area contributed by atoms with Gasteiger partial charge in [0.2, 0.25) is 0 Å². The van der Waals surface area contributed by atoms with Crippen LogP contribution in [0.4, 0.5) is 5.69 Å². The van der Waals surface area contributed by atoms with E-state index in [2.05, 4.69) is 17.4 Å². The predicted molar refractivity (Wildman–Crippen MR) is 126 cm³/mol. The maximum Gasteiger partial charge on any atom is 0.256 e. The topological polar surface area (TPSA) is 38.3 Å². The number of aryl methyl sites for hydroxylation is 2. The van der Waals surface area contributed by atoms with Crippen LogP contribution in [0.5, 0.6) is 11.5 Å². The molecule has 0 aliphatic heterocycles. The molecule has 0 unspecified atom stereocenters. The van der Waals surface area contributed by atoms with Crippen molar-refractivity contribution >= 4 is 23.2 Å². The Kier molecular flexibility index (Phi) is 6.65. The molecule has 0 fully saturated rings. The molecule has 0 radical (unpaired) electrons. The molecule has 154 valence electrons. The van der Waals surface area contributed by atoms with Gasteiger partial charge in [0.25, 0.3) is 5.91 Å². The standard InChI is InChI=1S/C27H22ClNO2/c28-22-17-18-26(31-23-12-5-2-6-13-23)25(19-22)29-27(30)24-14-8-7-11-21(24)16-15-20-9-3-1-4-10-20/h1-14,17-19H,15-16H2,(H,29,30). The number of benzene rings is 4. The van der Waals surface area contributed by atoms with Crippen molar-refractivity contribution in [1.29, 1.82) is 0 Å². The Labute approximate surface area is 187 Å². The number of para-hydroxylation sites is 1. The first-order chi connectivity index (χ1) is 15.2. The summed E-state index contributed by atoms with van der Waals surface area (Å²) in [5.74, 6) is 1.03. The fourth-order valence-corrected chi connectivity index (χ4v) is 3.55. The van der Waals surface area contributed by atoms with Gasteiger partial charge in [-0.05, 0) is 60.4 Å². The number of hydrogen-bond acceptors (Lipinski definition) is 2. The van der Waals surface area contributed by atoms with Crippen LogP contribution in [-0.4, -0.2) is 5.91 Å². The molecule has 0 aromatic heterocycles. The maximum absolute atomic E-state index is 13.2. The number of ether oxygens (including phenoxy) is 1. The molecule has 1 amide bonds. The van der Waals surface area contributed by atoms with E-state index in [1.807, 2.05) is 72.8 Å². The fraction of sp³-hybridized carbons (Fsp3) is 0.0741. The average Bonchev–Trinajstić information content (AvgIpc) is 2.81. The predicted octanol–water partition coefficient (Wildman–Crippen LogP) is 7.17. The summed E-state index contributed by atoms with van der Waals surface area (Å²) in [4.78, 5) is 13.2.